The Bertz CT molecular complexity index is 1420. The summed E-state index contributed by atoms with van der Waals surface area (Å²) in [4.78, 5) is 27.7. The minimum atomic E-state index is -2.69. The zero-order chi connectivity index (χ0) is 27.9. The number of alkyl halides is 2. The van der Waals surface area contributed by atoms with E-state index < -0.39 is 12.0 Å². The van der Waals surface area contributed by atoms with Crippen molar-refractivity contribution in [1.29, 1.82) is 0 Å². The quantitative estimate of drug-likeness (QED) is 0.403. The van der Waals surface area contributed by atoms with Crippen molar-refractivity contribution in [3.05, 3.63) is 89.0 Å². The van der Waals surface area contributed by atoms with E-state index in [1.165, 1.54) is 5.56 Å². The van der Waals surface area contributed by atoms with Gasteiger partial charge in [0.05, 0.1) is 7.11 Å². The summed E-state index contributed by atoms with van der Waals surface area (Å²) >= 11 is 0. The number of benzene rings is 3. The monoisotopic (exact) mass is 545 g/mol. The molecule has 2 aliphatic carbocycles. The molecule has 2 N–H and O–H groups in total. The van der Waals surface area contributed by atoms with Crippen molar-refractivity contribution < 1.29 is 23.1 Å². The number of urea groups is 1. The predicted molar refractivity (Wildman–Crippen MR) is 148 cm³/mol. The first kappa shape index (κ1) is 26.3. The molecule has 0 radical (unpaired) electrons. The van der Waals surface area contributed by atoms with Crippen LogP contribution in [-0.2, 0) is 24.3 Å². The van der Waals surface area contributed by atoms with Gasteiger partial charge in [-0.15, -0.1) is 0 Å². The van der Waals surface area contributed by atoms with Crippen LogP contribution in [-0.4, -0.2) is 42.5 Å². The number of amides is 3. The molecule has 40 heavy (non-hydrogen) atoms. The fraction of sp³-hybridized carbons (Fsp3) is 0.375. The molecular formula is C32H33F2N3O3. The van der Waals surface area contributed by atoms with Gasteiger partial charge in [0.1, 0.15) is 5.75 Å². The van der Waals surface area contributed by atoms with E-state index in [2.05, 4.69) is 28.8 Å². The molecule has 6 rings (SSSR count). The molecule has 0 spiro atoms. The second-order valence-electron chi connectivity index (χ2n) is 11.1. The first-order valence-electron chi connectivity index (χ1n) is 13.9. The molecule has 6 nitrogen and oxygen atoms in total. The highest BCUT2D eigenvalue weighted by molar-refractivity contribution is 5.83. The maximum absolute atomic E-state index is 13.3. The average molecular weight is 546 g/mol. The fourth-order valence-electron chi connectivity index (χ4n) is 6.04. The van der Waals surface area contributed by atoms with Gasteiger partial charge in [0, 0.05) is 44.4 Å². The largest absolute Gasteiger partial charge is 0.497 e. The topological polar surface area (TPSA) is 70.7 Å². The normalized spacial score (nSPS) is 21.1. The number of hydrogen-bond acceptors (Lipinski definition) is 3. The number of methoxy groups -OCH3 is 1. The Labute approximate surface area is 232 Å². The van der Waals surface area contributed by atoms with Gasteiger partial charge in [-0.2, -0.15) is 0 Å². The summed E-state index contributed by atoms with van der Waals surface area (Å²) in [6.07, 6.45) is 0.838. The Hall–Kier alpha value is -3.94. The lowest BCUT2D eigenvalue weighted by atomic mass is 9.87. The molecule has 3 amide bonds. The summed E-state index contributed by atoms with van der Waals surface area (Å²) < 4.78 is 32.1. The number of rotatable bonds is 7. The van der Waals surface area contributed by atoms with E-state index in [1.807, 2.05) is 48.5 Å². The Morgan fingerprint density at radius 1 is 1.02 bits per heavy atom. The van der Waals surface area contributed by atoms with Crippen LogP contribution < -0.4 is 15.4 Å². The first-order valence-corrected chi connectivity index (χ1v) is 13.9. The van der Waals surface area contributed by atoms with E-state index >= 15 is 0 Å². The SMILES string of the molecule is COc1cccc(-c2ccc(CNC(=O)[C@@H]3C[C@H]3c3ccccc3)c3c2CCN(C(=O)NC2CC(F)(F)C2)C3)c1. The lowest BCUT2D eigenvalue weighted by Gasteiger charge is -2.38. The van der Waals surface area contributed by atoms with Gasteiger partial charge in [-0.05, 0) is 64.3 Å². The van der Waals surface area contributed by atoms with Crippen LogP contribution in [0.15, 0.2) is 66.7 Å². The van der Waals surface area contributed by atoms with Crippen LogP contribution in [0.1, 0.15) is 47.4 Å². The van der Waals surface area contributed by atoms with Gasteiger partial charge >= 0.3 is 6.03 Å². The summed E-state index contributed by atoms with van der Waals surface area (Å²) in [5, 5.41) is 5.90. The lowest BCUT2D eigenvalue weighted by Crippen LogP contribution is -2.54. The van der Waals surface area contributed by atoms with Crippen LogP contribution in [0.3, 0.4) is 0 Å². The fourth-order valence-corrected chi connectivity index (χ4v) is 6.04. The third kappa shape index (κ3) is 5.40. The summed E-state index contributed by atoms with van der Waals surface area (Å²) in [5.41, 5.74) is 6.36. The van der Waals surface area contributed by atoms with Crippen molar-refractivity contribution in [2.75, 3.05) is 13.7 Å². The molecule has 1 aliphatic heterocycles. The van der Waals surface area contributed by atoms with E-state index in [-0.39, 0.29) is 36.6 Å². The van der Waals surface area contributed by atoms with E-state index in [0.717, 1.165) is 40.0 Å². The van der Waals surface area contributed by atoms with Crippen molar-refractivity contribution in [3.63, 3.8) is 0 Å². The molecule has 0 bridgehead atoms. The van der Waals surface area contributed by atoms with Crippen LogP contribution in [0.25, 0.3) is 11.1 Å². The molecule has 3 aromatic carbocycles. The van der Waals surface area contributed by atoms with Gasteiger partial charge in [-0.1, -0.05) is 54.6 Å². The molecule has 1 heterocycles. The smallest absolute Gasteiger partial charge is 0.317 e. The lowest BCUT2D eigenvalue weighted by molar-refractivity contribution is -0.122. The number of nitrogens with one attached hydrogen (secondary N) is 2. The second-order valence-corrected chi connectivity index (χ2v) is 11.1. The molecule has 2 fully saturated rings. The van der Waals surface area contributed by atoms with Crippen LogP contribution in [0.2, 0.25) is 0 Å². The molecule has 2 atom stereocenters. The molecular weight excluding hydrogens is 512 g/mol. The number of nitrogens with zero attached hydrogens (tertiary/aromatic N) is 1. The van der Waals surface area contributed by atoms with Crippen molar-refractivity contribution in [2.45, 2.75) is 56.7 Å². The molecule has 3 aliphatic rings. The van der Waals surface area contributed by atoms with Gasteiger partial charge in [0.2, 0.25) is 5.91 Å². The van der Waals surface area contributed by atoms with Crippen LogP contribution in [0.4, 0.5) is 13.6 Å². The minimum Gasteiger partial charge on any atom is -0.497 e. The molecule has 0 unspecified atom stereocenters. The standard InChI is InChI=1S/C32H33F2N3O3/c1-40-24-9-5-8-21(14-24)25-11-10-22(18-35-30(38)28-15-27(28)20-6-3-2-4-7-20)29-19-37(13-12-26(25)29)31(39)36-23-16-32(33,34)17-23/h2-11,14,23,27-28H,12-13,15-19H2,1H3,(H,35,38)(H,36,39)/t27-,28+/m0/s1. The Morgan fingerprint density at radius 2 is 1.82 bits per heavy atom. The Balaban J connectivity index is 1.21. The molecule has 0 aromatic heterocycles. The highest BCUT2D eigenvalue weighted by atomic mass is 19.3. The third-order valence-corrected chi connectivity index (χ3v) is 8.40. The average Bonchev–Trinajstić information content (AvgIpc) is 3.76. The van der Waals surface area contributed by atoms with Crippen LogP contribution in [0, 0.1) is 5.92 Å². The van der Waals surface area contributed by atoms with E-state index in [1.54, 1.807) is 12.0 Å². The van der Waals surface area contributed by atoms with Crippen molar-refractivity contribution in [3.8, 4) is 16.9 Å². The third-order valence-electron chi connectivity index (χ3n) is 8.40. The van der Waals surface area contributed by atoms with E-state index in [4.69, 9.17) is 4.74 Å². The van der Waals surface area contributed by atoms with E-state index in [0.29, 0.717) is 26.1 Å². The van der Waals surface area contributed by atoms with Gasteiger partial charge in [0.25, 0.3) is 5.92 Å². The molecule has 8 heteroatoms. The predicted octanol–water partition coefficient (Wildman–Crippen LogP) is 5.65. The first-order chi connectivity index (χ1) is 19.3. The highest BCUT2D eigenvalue weighted by Crippen LogP contribution is 2.47. The molecule has 0 saturated heterocycles. The number of halogens is 2. The van der Waals surface area contributed by atoms with Gasteiger partial charge in [0.15, 0.2) is 0 Å². The van der Waals surface area contributed by atoms with Crippen LogP contribution >= 0.6 is 0 Å². The Morgan fingerprint density at radius 3 is 2.58 bits per heavy atom. The summed E-state index contributed by atoms with van der Waals surface area (Å²) in [6, 6.07) is 21.2. The number of fused-ring (bicyclic) bond motifs is 1. The zero-order valence-corrected chi connectivity index (χ0v) is 22.5. The molecule has 3 aromatic rings. The number of carbonyl (C=O) groups excluding carboxylic acids is 2. The van der Waals surface area contributed by atoms with Gasteiger partial charge in [-0.3, -0.25) is 4.79 Å². The molecule has 2 saturated carbocycles. The number of hydrogen-bond donors (Lipinski definition) is 2. The van der Waals surface area contributed by atoms with Gasteiger partial charge < -0.3 is 20.3 Å². The Kier molecular flexibility index (Phi) is 6.94. The molecule has 208 valence electrons. The van der Waals surface area contributed by atoms with Crippen molar-refractivity contribution >= 4 is 11.9 Å². The summed E-state index contributed by atoms with van der Waals surface area (Å²) in [5.74, 6) is -1.67. The highest BCUT2D eigenvalue weighted by Gasteiger charge is 2.46. The number of carbonyl (C=O) groups is 2. The van der Waals surface area contributed by atoms with Crippen molar-refractivity contribution in [1.82, 2.24) is 15.5 Å². The van der Waals surface area contributed by atoms with Crippen LogP contribution in [0.5, 0.6) is 5.75 Å². The second kappa shape index (κ2) is 10.6. The van der Waals surface area contributed by atoms with Gasteiger partial charge in [-0.25, -0.2) is 13.6 Å². The summed E-state index contributed by atoms with van der Waals surface area (Å²) in [6.45, 7) is 1.20. The zero-order valence-electron chi connectivity index (χ0n) is 22.5. The maximum Gasteiger partial charge on any atom is 0.317 e. The number of ether oxygens (including phenoxy) is 1. The minimum absolute atomic E-state index is 0.0304. The summed E-state index contributed by atoms with van der Waals surface area (Å²) in [7, 11) is 1.64. The maximum atomic E-state index is 13.3. The van der Waals surface area contributed by atoms with Crippen molar-refractivity contribution in [2.24, 2.45) is 5.92 Å². The van der Waals surface area contributed by atoms with E-state index in [9.17, 15) is 18.4 Å².